The van der Waals surface area contributed by atoms with Gasteiger partial charge in [0.1, 0.15) is 5.82 Å². The molecule has 0 bridgehead atoms. The highest BCUT2D eigenvalue weighted by molar-refractivity contribution is 5.74. The van der Waals surface area contributed by atoms with Crippen molar-refractivity contribution >= 4 is 17.8 Å². The Kier molecular flexibility index (Phi) is 5.80. The molecule has 8 nitrogen and oxygen atoms in total. The SMILES string of the molecule is CC(C)NC(=O)N1CCc2nc(N3CCOCC3)nc(N(C)C)c2CC1. The van der Waals surface area contributed by atoms with Gasteiger partial charge in [-0.2, -0.15) is 4.98 Å². The van der Waals surface area contributed by atoms with Crippen molar-refractivity contribution in [1.29, 1.82) is 0 Å². The van der Waals surface area contributed by atoms with Gasteiger partial charge in [0.25, 0.3) is 0 Å². The predicted molar refractivity (Wildman–Crippen MR) is 102 cm³/mol. The fourth-order valence-corrected chi connectivity index (χ4v) is 3.38. The van der Waals surface area contributed by atoms with Crippen LogP contribution in [0.2, 0.25) is 0 Å². The lowest BCUT2D eigenvalue weighted by Crippen LogP contribution is -2.44. The van der Waals surface area contributed by atoms with Gasteiger partial charge in [-0.1, -0.05) is 0 Å². The number of hydrogen-bond donors (Lipinski definition) is 1. The van der Waals surface area contributed by atoms with Crippen molar-refractivity contribution in [3.63, 3.8) is 0 Å². The van der Waals surface area contributed by atoms with Gasteiger partial charge in [-0.15, -0.1) is 0 Å². The molecule has 0 aromatic carbocycles. The number of amides is 2. The summed E-state index contributed by atoms with van der Waals surface area (Å²) in [6.45, 7) is 8.37. The summed E-state index contributed by atoms with van der Waals surface area (Å²) in [4.78, 5) is 28.2. The highest BCUT2D eigenvalue weighted by atomic mass is 16.5. The second-order valence-corrected chi connectivity index (χ2v) is 7.36. The number of rotatable bonds is 3. The molecule has 3 heterocycles. The molecule has 3 rings (SSSR count). The number of anilines is 2. The number of fused-ring (bicyclic) bond motifs is 1. The van der Waals surface area contributed by atoms with Crippen LogP contribution in [0.5, 0.6) is 0 Å². The third kappa shape index (κ3) is 4.17. The molecule has 2 aliphatic heterocycles. The zero-order chi connectivity index (χ0) is 18.7. The Bertz CT molecular complexity index is 643. The molecule has 0 aliphatic carbocycles. The molecule has 1 saturated heterocycles. The van der Waals surface area contributed by atoms with Crippen molar-refractivity contribution in [2.45, 2.75) is 32.7 Å². The van der Waals surface area contributed by atoms with E-state index in [4.69, 9.17) is 14.7 Å². The maximum Gasteiger partial charge on any atom is 0.317 e. The zero-order valence-corrected chi connectivity index (χ0v) is 16.3. The molecule has 26 heavy (non-hydrogen) atoms. The fraction of sp³-hybridized carbons (Fsp3) is 0.722. The molecular formula is C18H30N6O2. The van der Waals surface area contributed by atoms with E-state index < -0.39 is 0 Å². The first-order valence-electron chi connectivity index (χ1n) is 9.41. The first-order chi connectivity index (χ1) is 12.5. The largest absolute Gasteiger partial charge is 0.378 e. The lowest BCUT2D eigenvalue weighted by Gasteiger charge is -2.28. The molecule has 0 radical (unpaired) electrons. The summed E-state index contributed by atoms with van der Waals surface area (Å²) in [6.07, 6.45) is 1.53. The molecule has 2 aliphatic rings. The molecule has 1 aromatic rings. The van der Waals surface area contributed by atoms with E-state index in [-0.39, 0.29) is 12.1 Å². The minimum Gasteiger partial charge on any atom is -0.378 e. The van der Waals surface area contributed by atoms with E-state index in [1.807, 2.05) is 37.7 Å². The van der Waals surface area contributed by atoms with Gasteiger partial charge in [0.2, 0.25) is 5.95 Å². The molecule has 2 amide bonds. The number of nitrogens with one attached hydrogen (secondary N) is 1. The van der Waals surface area contributed by atoms with Crippen molar-refractivity contribution < 1.29 is 9.53 Å². The Labute approximate surface area is 155 Å². The molecule has 0 spiro atoms. The number of nitrogens with zero attached hydrogens (tertiary/aromatic N) is 5. The van der Waals surface area contributed by atoms with Crippen LogP contribution in [0.15, 0.2) is 0 Å². The maximum atomic E-state index is 12.4. The third-order valence-corrected chi connectivity index (χ3v) is 4.73. The van der Waals surface area contributed by atoms with Crippen molar-refractivity contribution in [2.24, 2.45) is 0 Å². The lowest BCUT2D eigenvalue weighted by atomic mass is 10.1. The molecule has 1 aromatic heterocycles. The Hall–Kier alpha value is -2.09. The minimum absolute atomic E-state index is 0.000529. The van der Waals surface area contributed by atoms with Crippen LogP contribution in [-0.4, -0.2) is 80.4 Å². The average molecular weight is 362 g/mol. The van der Waals surface area contributed by atoms with E-state index in [0.717, 1.165) is 49.0 Å². The van der Waals surface area contributed by atoms with Crippen LogP contribution in [0.4, 0.5) is 16.6 Å². The normalized spacial score (nSPS) is 17.7. The van der Waals surface area contributed by atoms with Crippen molar-refractivity contribution in [3.05, 3.63) is 11.3 Å². The average Bonchev–Trinajstić information content (AvgIpc) is 2.83. The van der Waals surface area contributed by atoms with E-state index in [9.17, 15) is 4.79 Å². The highest BCUT2D eigenvalue weighted by Crippen LogP contribution is 2.26. The lowest BCUT2D eigenvalue weighted by molar-refractivity contribution is 0.122. The Morgan fingerprint density at radius 3 is 2.46 bits per heavy atom. The molecule has 0 atom stereocenters. The van der Waals surface area contributed by atoms with E-state index >= 15 is 0 Å². The van der Waals surface area contributed by atoms with Gasteiger partial charge in [-0.05, 0) is 20.3 Å². The highest BCUT2D eigenvalue weighted by Gasteiger charge is 2.25. The molecule has 1 fully saturated rings. The minimum atomic E-state index is 0.000529. The van der Waals surface area contributed by atoms with Crippen molar-refractivity contribution in [1.82, 2.24) is 20.2 Å². The Morgan fingerprint density at radius 1 is 1.12 bits per heavy atom. The van der Waals surface area contributed by atoms with Crippen LogP contribution in [0.25, 0.3) is 0 Å². The van der Waals surface area contributed by atoms with Gasteiger partial charge < -0.3 is 24.8 Å². The summed E-state index contributed by atoms with van der Waals surface area (Å²) < 4.78 is 5.44. The summed E-state index contributed by atoms with van der Waals surface area (Å²) in [6, 6.07) is 0.138. The van der Waals surface area contributed by atoms with Gasteiger partial charge in [-0.25, -0.2) is 9.78 Å². The summed E-state index contributed by atoms with van der Waals surface area (Å²) in [5, 5.41) is 2.99. The smallest absolute Gasteiger partial charge is 0.317 e. The van der Waals surface area contributed by atoms with Crippen molar-refractivity contribution in [3.8, 4) is 0 Å². The number of urea groups is 1. The van der Waals surface area contributed by atoms with E-state index in [1.54, 1.807) is 0 Å². The van der Waals surface area contributed by atoms with Crippen LogP contribution < -0.4 is 15.1 Å². The van der Waals surface area contributed by atoms with E-state index in [0.29, 0.717) is 26.3 Å². The summed E-state index contributed by atoms with van der Waals surface area (Å²) in [5.74, 6) is 1.73. The van der Waals surface area contributed by atoms with Gasteiger partial charge in [-0.3, -0.25) is 0 Å². The Morgan fingerprint density at radius 2 is 1.81 bits per heavy atom. The fourth-order valence-electron chi connectivity index (χ4n) is 3.38. The number of carbonyl (C=O) groups excluding carboxylic acids is 1. The standard InChI is InChI=1S/C18H30N6O2/c1-13(2)19-18(25)24-7-5-14-15(6-8-24)20-17(21-16(14)22(3)4)23-9-11-26-12-10-23/h13H,5-12H2,1-4H3,(H,19,25). The second kappa shape index (κ2) is 8.07. The van der Waals surface area contributed by atoms with Crippen molar-refractivity contribution in [2.75, 3.05) is 63.3 Å². The van der Waals surface area contributed by atoms with Gasteiger partial charge >= 0.3 is 6.03 Å². The zero-order valence-electron chi connectivity index (χ0n) is 16.3. The van der Waals surface area contributed by atoms with E-state index in [1.165, 1.54) is 0 Å². The first-order valence-corrected chi connectivity index (χ1v) is 9.41. The van der Waals surface area contributed by atoms with Crippen LogP contribution >= 0.6 is 0 Å². The number of hydrogen-bond acceptors (Lipinski definition) is 6. The molecule has 8 heteroatoms. The Balaban J connectivity index is 1.85. The number of aromatic nitrogens is 2. The van der Waals surface area contributed by atoms with Gasteiger partial charge in [0, 0.05) is 58.3 Å². The first kappa shape index (κ1) is 18.7. The van der Waals surface area contributed by atoms with E-state index in [2.05, 4.69) is 10.2 Å². The molecule has 0 saturated carbocycles. The quantitative estimate of drug-likeness (QED) is 0.861. The summed E-state index contributed by atoms with van der Waals surface area (Å²) in [7, 11) is 4.03. The van der Waals surface area contributed by atoms with Crippen LogP contribution in [0.3, 0.4) is 0 Å². The number of morpholine rings is 1. The number of ether oxygens (including phenoxy) is 1. The molecule has 1 N–H and O–H groups in total. The van der Waals surface area contributed by atoms with Crippen LogP contribution in [0.1, 0.15) is 25.1 Å². The summed E-state index contributed by atoms with van der Waals surface area (Å²) >= 11 is 0. The van der Waals surface area contributed by atoms with Crippen LogP contribution in [-0.2, 0) is 17.6 Å². The second-order valence-electron chi connectivity index (χ2n) is 7.36. The number of carbonyl (C=O) groups is 1. The molecular weight excluding hydrogens is 332 g/mol. The van der Waals surface area contributed by atoms with Gasteiger partial charge in [0.15, 0.2) is 0 Å². The van der Waals surface area contributed by atoms with Gasteiger partial charge in [0.05, 0.1) is 18.9 Å². The predicted octanol–water partition coefficient (Wildman–Crippen LogP) is 0.898. The summed E-state index contributed by atoms with van der Waals surface area (Å²) in [5.41, 5.74) is 2.22. The third-order valence-electron chi connectivity index (χ3n) is 4.73. The molecule has 144 valence electrons. The maximum absolute atomic E-state index is 12.4. The van der Waals surface area contributed by atoms with Crippen LogP contribution in [0, 0.1) is 0 Å². The topological polar surface area (TPSA) is 73.8 Å². The molecule has 0 unspecified atom stereocenters. The monoisotopic (exact) mass is 362 g/mol.